The van der Waals surface area contributed by atoms with E-state index in [1.54, 1.807) is 0 Å². The Labute approximate surface area is 78.9 Å². The molecule has 12 heavy (non-hydrogen) atoms. The Morgan fingerprint density at radius 3 is 2.75 bits per heavy atom. The third-order valence-corrected chi connectivity index (χ3v) is 4.75. The molecule has 3 heteroatoms. The minimum absolute atomic E-state index is 0.450. The zero-order valence-electron chi connectivity index (χ0n) is 7.73. The molecule has 2 nitrogen and oxygen atoms in total. The zero-order valence-corrected chi connectivity index (χ0v) is 8.54. The van der Waals surface area contributed by atoms with Gasteiger partial charge in [0.05, 0.1) is 4.87 Å². The summed E-state index contributed by atoms with van der Waals surface area (Å²) < 4.78 is 0. The maximum atomic E-state index is 3.70. The van der Waals surface area contributed by atoms with E-state index in [0.29, 0.717) is 4.87 Å². The van der Waals surface area contributed by atoms with Gasteiger partial charge in [-0.1, -0.05) is 6.92 Å². The molecule has 2 heterocycles. The van der Waals surface area contributed by atoms with Crippen molar-refractivity contribution in [2.24, 2.45) is 0 Å². The SMILES string of the molecule is CCC1CNC2(CCNCC2)S1. The van der Waals surface area contributed by atoms with Crippen LogP contribution in [0.15, 0.2) is 0 Å². The second kappa shape index (κ2) is 3.56. The van der Waals surface area contributed by atoms with Gasteiger partial charge in [0.1, 0.15) is 0 Å². The molecule has 0 amide bonds. The Hall–Kier alpha value is 0.270. The number of piperidine rings is 1. The van der Waals surface area contributed by atoms with E-state index in [1.807, 2.05) is 0 Å². The van der Waals surface area contributed by atoms with Crippen molar-refractivity contribution in [3.8, 4) is 0 Å². The standard InChI is InChI=1S/C9H18N2S/c1-2-8-7-11-9(12-8)3-5-10-6-4-9/h8,10-11H,2-7H2,1H3. The van der Waals surface area contributed by atoms with Crippen LogP contribution in [0.4, 0.5) is 0 Å². The summed E-state index contributed by atoms with van der Waals surface area (Å²) in [6, 6.07) is 0. The Bertz CT molecular complexity index is 155. The van der Waals surface area contributed by atoms with Crippen molar-refractivity contribution in [1.82, 2.24) is 10.6 Å². The van der Waals surface area contributed by atoms with Crippen LogP contribution in [0.5, 0.6) is 0 Å². The molecular weight excluding hydrogens is 168 g/mol. The van der Waals surface area contributed by atoms with Crippen LogP contribution >= 0.6 is 11.8 Å². The number of nitrogens with one attached hydrogen (secondary N) is 2. The molecule has 1 atom stereocenters. The fourth-order valence-electron chi connectivity index (χ4n) is 2.06. The van der Waals surface area contributed by atoms with Gasteiger partial charge in [0.25, 0.3) is 0 Å². The third kappa shape index (κ3) is 1.63. The molecule has 2 fully saturated rings. The molecule has 70 valence electrons. The smallest absolute Gasteiger partial charge is 0.0673 e. The molecule has 0 bridgehead atoms. The van der Waals surface area contributed by atoms with Gasteiger partial charge in [-0.25, -0.2) is 0 Å². The summed E-state index contributed by atoms with van der Waals surface area (Å²) in [6.07, 6.45) is 3.91. The molecule has 1 unspecified atom stereocenters. The minimum Gasteiger partial charge on any atom is -0.317 e. The summed E-state index contributed by atoms with van der Waals surface area (Å²) in [5.41, 5.74) is 0. The molecule has 1 spiro atoms. The van der Waals surface area contributed by atoms with Crippen LogP contribution in [-0.2, 0) is 0 Å². The molecule has 0 aromatic heterocycles. The number of rotatable bonds is 1. The number of thioether (sulfide) groups is 1. The Balaban J connectivity index is 1.94. The molecule has 2 aliphatic rings. The largest absolute Gasteiger partial charge is 0.317 e. The van der Waals surface area contributed by atoms with E-state index in [9.17, 15) is 0 Å². The lowest BCUT2D eigenvalue weighted by Crippen LogP contribution is -2.46. The van der Waals surface area contributed by atoms with Crippen LogP contribution in [0.3, 0.4) is 0 Å². The summed E-state index contributed by atoms with van der Waals surface area (Å²) in [5, 5.41) is 7.98. The molecule has 2 aliphatic heterocycles. The van der Waals surface area contributed by atoms with E-state index in [4.69, 9.17) is 0 Å². The highest BCUT2D eigenvalue weighted by atomic mass is 32.2. The monoisotopic (exact) mass is 186 g/mol. The first-order valence-corrected chi connectivity index (χ1v) is 5.86. The van der Waals surface area contributed by atoms with E-state index in [-0.39, 0.29) is 0 Å². The quantitative estimate of drug-likeness (QED) is 0.643. The second-order valence-corrected chi connectivity index (χ2v) is 5.46. The lowest BCUT2D eigenvalue weighted by molar-refractivity contribution is 0.369. The lowest BCUT2D eigenvalue weighted by Gasteiger charge is -2.33. The Morgan fingerprint density at radius 1 is 1.42 bits per heavy atom. The van der Waals surface area contributed by atoms with E-state index >= 15 is 0 Å². The third-order valence-electron chi connectivity index (χ3n) is 2.91. The van der Waals surface area contributed by atoms with E-state index in [2.05, 4.69) is 29.3 Å². The first-order valence-electron chi connectivity index (χ1n) is 4.98. The molecule has 2 saturated heterocycles. The summed E-state index contributed by atoms with van der Waals surface area (Å²) >= 11 is 2.18. The van der Waals surface area contributed by atoms with E-state index < -0.39 is 0 Å². The van der Waals surface area contributed by atoms with Crippen molar-refractivity contribution in [3.63, 3.8) is 0 Å². The summed E-state index contributed by atoms with van der Waals surface area (Å²) in [4.78, 5) is 0.450. The summed E-state index contributed by atoms with van der Waals surface area (Å²) in [5.74, 6) is 0. The van der Waals surface area contributed by atoms with Gasteiger partial charge in [0.15, 0.2) is 0 Å². The van der Waals surface area contributed by atoms with E-state index in [1.165, 1.54) is 38.9 Å². The second-order valence-electron chi connectivity index (χ2n) is 3.77. The average molecular weight is 186 g/mol. The Kier molecular flexibility index (Phi) is 2.63. The molecule has 2 rings (SSSR count). The van der Waals surface area contributed by atoms with Crippen LogP contribution in [-0.4, -0.2) is 29.8 Å². The first-order chi connectivity index (χ1) is 5.85. The van der Waals surface area contributed by atoms with Gasteiger partial charge in [-0.15, -0.1) is 11.8 Å². The molecule has 0 aromatic carbocycles. The molecule has 0 radical (unpaired) electrons. The van der Waals surface area contributed by atoms with Crippen LogP contribution in [0.2, 0.25) is 0 Å². The van der Waals surface area contributed by atoms with Crippen molar-refractivity contribution >= 4 is 11.8 Å². The van der Waals surface area contributed by atoms with Gasteiger partial charge in [0.2, 0.25) is 0 Å². The topological polar surface area (TPSA) is 24.1 Å². The van der Waals surface area contributed by atoms with Crippen LogP contribution in [0, 0.1) is 0 Å². The predicted molar refractivity (Wildman–Crippen MR) is 54.5 cm³/mol. The van der Waals surface area contributed by atoms with Gasteiger partial charge in [-0.05, 0) is 32.4 Å². The van der Waals surface area contributed by atoms with Crippen LogP contribution < -0.4 is 10.6 Å². The highest BCUT2D eigenvalue weighted by molar-refractivity contribution is 8.01. The molecule has 0 saturated carbocycles. The molecule has 0 aromatic rings. The maximum Gasteiger partial charge on any atom is 0.0673 e. The highest BCUT2D eigenvalue weighted by Crippen LogP contribution is 2.40. The minimum atomic E-state index is 0.450. The van der Waals surface area contributed by atoms with Crippen LogP contribution in [0.25, 0.3) is 0 Å². The highest BCUT2D eigenvalue weighted by Gasteiger charge is 2.39. The maximum absolute atomic E-state index is 3.70. The van der Waals surface area contributed by atoms with Gasteiger partial charge in [-0.3, -0.25) is 0 Å². The van der Waals surface area contributed by atoms with Gasteiger partial charge in [0, 0.05) is 11.8 Å². The summed E-state index contributed by atoms with van der Waals surface area (Å²) in [6.45, 7) is 5.90. The Morgan fingerprint density at radius 2 is 2.17 bits per heavy atom. The molecule has 0 aliphatic carbocycles. The first kappa shape index (κ1) is 8.85. The van der Waals surface area contributed by atoms with Crippen molar-refractivity contribution in [1.29, 1.82) is 0 Å². The van der Waals surface area contributed by atoms with Crippen molar-refractivity contribution in [2.45, 2.75) is 36.3 Å². The van der Waals surface area contributed by atoms with Gasteiger partial charge in [-0.2, -0.15) is 0 Å². The number of hydrogen-bond acceptors (Lipinski definition) is 3. The lowest BCUT2D eigenvalue weighted by atomic mass is 10.1. The zero-order chi connectivity index (χ0) is 8.44. The fraction of sp³-hybridized carbons (Fsp3) is 1.00. The van der Waals surface area contributed by atoms with Crippen molar-refractivity contribution in [3.05, 3.63) is 0 Å². The van der Waals surface area contributed by atoms with Crippen molar-refractivity contribution in [2.75, 3.05) is 19.6 Å². The van der Waals surface area contributed by atoms with E-state index in [0.717, 1.165) is 5.25 Å². The fourth-order valence-corrected chi connectivity index (χ4v) is 3.63. The van der Waals surface area contributed by atoms with Crippen molar-refractivity contribution < 1.29 is 0 Å². The molecule has 2 N–H and O–H groups in total. The van der Waals surface area contributed by atoms with Crippen LogP contribution in [0.1, 0.15) is 26.2 Å². The predicted octanol–water partition coefficient (Wildman–Crippen LogP) is 1.18. The molecular formula is C9H18N2S. The normalized spacial score (nSPS) is 34.2. The average Bonchev–Trinajstić information content (AvgIpc) is 2.50. The number of hydrogen-bond donors (Lipinski definition) is 2. The van der Waals surface area contributed by atoms with Gasteiger partial charge >= 0.3 is 0 Å². The summed E-state index contributed by atoms with van der Waals surface area (Å²) in [7, 11) is 0. The van der Waals surface area contributed by atoms with Gasteiger partial charge < -0.3 is 10.6 Å².